The lowest BCUT2D eigenvalue weighted by Gasteiger charge is -2.18. The van der Waals surface area contributed by atoms with Gasteiger partial charge in [-0.2, -0.15) is 0 Å². The molecule has 2 rings (SSSR count). The van der Waals surface area contributed by atoms with Crippen LogP contribution in [0.5, 0.6) is 0 Å². The highest BCUT2D eigenvalue weighted by Gasteiger charge is 2.29. The second-order valence-electron chi connectivity index (χ2n) is 3.91. The van der Waals surface area contributed by atoms with E-state index in [2.05, 4.69) is 6.58 Å². The van der Waals surface area contributed by atoms with E-state index in [1.54, 1.807) is 23.1 Å². The second kappa shape index (κ2) is 4.18. The summed E-state index contributed by atoms with van der Waals surface area (Å²) in [5.41, 5.74) is 7.11. The summed E-state index contributed by atoms with van der Waals surface area (Å²) in [4.78, 5) is 13.5. The molecular formula is C12H13ClN2O. The van der Waals surface area contributed by atoms with Crippen molar-refractivity contribution in [3.05, 3.63) is 35.9 Å². The molecule has 84 valence electrons. The molecule has 4 heteroatoms. The van der Waals surface area contributed by atoms with E-state index in [0.717, 1.165) is 5.69 Å². The summed E-state index contributed by atoms with van der Waals surface area (Å²) in [5.74, 6) is 0.293. The van der Waals surface area contributed by atoms with Crippen LogP contribution < -0.4 is 10.6 Å². The van der Waals surface area contributed by atoms with E-state index in [-0.39, 0.29) is 11.8 Å². The summed E-state index contributed by atoms with van der Waals surface area (Å²) in [6.07, 6.45) is 2.32. The molecule has 1 saturated heterocycles. The van der Waals surface area contributed by atoms with Gasteiger partial charge in [-0.1, -0.05) is 17.7 Å². The highest BCUT2D eigenvalue weighted by atomic mass is 35.5. The lowest BCUT2D eigenvalue weighted by Crippen LogP contribution is -2.25. The number of carbonyl (C=O) groups excluding carboxylic acids is 1. The Labute approximate surface area is 99.5 Å². The Morgan fingerprint density at radius 3 is 2.88 bits per heavy atom. The van der Waals surface area contributed by atoms with E-state index in [4.69, 9.17) is 17.3 Å². The molecule has 1 amide bonds. The lowest BCUT2D eigenvalue weighted by atomic mass is 10.1. The number of hydrogen-bond acceptors (Lipinski definition) is 2. The van der Waals surface area contributed by atoms with Crippen molar-refractivity contribution in [2.45, 2.75) is 6.42 Å². The lowest BCUT2D eigenvalue weighted by molar-refractivity contribution is -0.117. The number of halogens is 1. The fraction of sp³-hybridized carbons (Fsp3) is 0.250. The quantitative estimate of drug-likeness (QED) is 0.633. The molecule has 1 atom stereocenters. The molecule has 0 radical (unpaired) electrons. The Balaban J connectivity index is 2.31. The molecule has 1 aromatic rings. The summed E-state index contributed by atoms with van der Waals surface area (Å²) >= 11 is 5.82. The number of anilines is 2. The van der Waals surface area contributed by atoms with Crippen molar-refractivity contribution in [1.82, 2.24) is 0 Å². The molecule has 1 aliphatic rings. The first-order chi connectivity index (χ1) is 7.61. The van der Waals surface area contributed by atoms with Crippen molar-refractivity contribution in [2.24, 2.45) is 5.92 Å². The number of benzene rings is 1. The Morgan fingerprint density at radius 1 is 1.56 bits per heavy atom. The van der Waals surface area contributed by atoms with Gasteiger partial charge in [0.1, 0.15) is 0 Å². The van der Waals surface area contributed by atoms with E-state index in [9.17, 15) is 4.79 Å². The topological polar surface area (TPSA) is 46.3 Å². The van der Waals surface area contributed by atoms with E-state index in [1.807, 2.05) is 6.08 Å². The molecule has 0 aromatic heterocycles. The van der Waals surface area contributed by atoms with E-state index < -0.39 is 0 Å². The van der Waals surface area contributed by atoms with Gasteiger partial charge in [0.15, 0.2) is 0 Å². The largest absolute Gasteiger partial charge is 0.397 e. The van der Waals surface area contributed by atoms with Crippen LogP contribution in [0.3, 0.4) is 0 Å². The van der Waals surface area contributed by atoms with Crippen molar-refractivity contribution >= 4 is 28.9 Å². The van der Waals surface area contributed by atoms with Gasteiger partial charge in [-0.05, 0) is 18.2 Å². The molecule has 1 unspecified atom stereocenters. The Kier molecular flexibility index (Phi) is 2.88. The minimum atomic E-state index is 0.0823. The van der Waals surface area contributed by atoms with Crippen molar-refractivity contribution < 1.29 is 4.79 Å². The van der Waals surface area contributed by atoms with Crippen LogP contribution in [0.25, 0.3) is 0 Å². The maximum Gasteiger partial charge on any atom is 0.227 e. The maximum atomic E-state index is 11.8. The van der Waals surface area contributed by atoms with Crippen molar-refractivity contribution in [2.75, 3.05) is 17.2 Å². The zero-order chi connectivity index (χ0) is 11.7. The molecular weight excluding hydrogens is 224 g/mol. The Morgan fingerprint density at radius 2 is 2.31 bits per heavy atom. The SMILES string of the molecule is C=CC1CC(=O)N(c2ccc(Cl)cc2N)C1. The zero-order valence-corrected chi connectivity index (χ0v) is 9.57. The molecule has 0 saturated carbocycles. The maximum absolute atomic E-state index is 11.8. The summed E-state index contributed by atoms with van der Waals surface area (Å²) in [7, 11) is 0. The normalized spacial score (nSPS) is 20.2. The average Bonchev–Trinajstić information content (AvgIpc) is 2.60. The van der Waals surface area contributed by atoms with E-state index in [1.165, 1.54) is 0 Å². The number of nitrogens with zero attached hydrogens (tertiary/aromatic N) is 1. The molecule has 16 heavy (non-hydrogen) atoms. The van der Waals surface area contributed by atoms with Gasteiger partial charge in [0.05, 0.1) is 11.4 Å². The molecule has 2 N–H and O–H groups in total. The fourth-order valence-corrected chi connectivity index (χ4v) is 2.08. The molecule has 0 spiro atoms. The van der Waals surface area contributed by atoms with E-state index in [0.29, 0.717) is 23.7 Å². The van der Waals surface area contributed by atoms with Crippen LogP contribution in [0.2, 0.25) is 5.02 Å². The molecule has 0 aliphatic carbocycles. The predicted molar refractivity (Wildman–Crippen MR) is 66.5 cm³/mol. The third kappa shape index (κ3) is 1.91. The van der Waals surface area contributed by atoms with Gasteiger partial charge in [0.25, 0.3) is 0 Å². The highest BCUT2D eigenvalue weighted by Crippen LogP contribution is 2.31. The molecule has 3 nitrogen and oxygen atoms in total. The first kappa shape index (κ1) is 11.0. The summed E-state index contributed by atoms with van der Waals surface area (Å²) < 4.78 is 0. The third-order valence-electron chi connectivity index (χ3n) is 2.77. The van der Waals surface area contributed by atoms with Gasteiger partial charge in [0, 0.05) is 23.9 Å². The summed E-state index contributed by atoms with van der Waals surface area (Å²) in [6.45, 7) is 4.36. The molecule has 0 bridgehead atoms. The molecule has 1 heterocycles. The predicted octanol–water partition coefficient (Wildman–Crippen LogP) is 2.46. The van der Waals surface area contributed by atoms with Crippen LogP contribution >= 0.6 is 11.6 Å². The molecule has 1 aromatic carbocycles. The zero-order valence-electron chi connectivity index (χ0n) is 8.82. The van der Waals surface area contributed by atoms with Gasteiger partial charge in [-0.3, -0.25) is 4.79 Å². The Hall–Kier alpha value is -1.48. The Bertz CT molecular complexity index is 445. The van der Waals surface area contributed by atoms with Crippen LogP contribution in [0.15, 0.2) is 30.9 Å². The molecule has 1 fully saturated rings. The smallest absolute Gasteiger partial charge is 0.227 e. The minimum Gasteiger partial charge on any atom is -0.397 e. The van der Waals surface area contributed by atoms with Gasteiger partial charge in [-0.15, -0.1) is 6.58 Å². The minimum absolute atomic E-state index is 0.0823. The first-order valence-corrected chi connectivity index (χ1v) is 5.47. The molecule has 1 aliphatic heterocycles. The first-order valence-electron chi connectivity index (χ1n) is 5.09. The number of carbonyl (C=O) groups is 1. The van der Waals surface area contributed by atoms with Crippen LogP contribution in [0.4, 0.5) is 11.4 Å². The number of hydrogen-bond donors (Lipinski definition) is 1. The summed E-state index contributed by atoms with van der Waals surface area (Å²) in [6, 6.07) is 5.17. The van der Waals surface area contributed by atoms with Crippen LogP contribution in [-0.2, 0) is 4.79 Å². The number of nitrogen functional groups attached to an aromatic ring is 1. The van der Waals surface area contributed by atoms with Gasteiger partial charge < -0.3 is 10.6 Å². The third-order valence-corrected chi connectivity index (χ3v) is 3.00. The average molecular weight is 237 g/mol. The highest BCUT2D eigenvalue weighted by molar-refractivity contribution is 6.31. The fourth-order valence-electron chi connectivity index (χ4n) is 1.90. The standard InChI is InChI=1S/C12H13ClN2O/c1-2-8-5-12(16)15(7-8)11-4-3-9(13)6-10(11)14/h2-4,6,8H,1,5,7,14H2. The monoisotopic (exact) mass is 236 g/mol. The summed E-state index contributed by atoms with van der Waals surface area (Å²) in [5, 5.41) is 0.577. The van der Waals surface area contributed by atoms with Crippen molar-refractivity contribution in [1.29, 1.82) is 0 Å². The van der Waals surface area contributed by atoms with Gasteiger partial charge in [-0.25, -0.2) is 0 Å². The van der Waals surface area contributed by atoms with Crippen molar-refractivity contribution in [3.63, 3.8) is 0 Å². The van der Waals surface area contributed by atoms with Crippen molar-refractivity contribution in [3.8, 4) is 0 Å². The van der Waals surface area contributed by atoms with E-state index >= 15 is 0 Å². The van der Waals surface area contributed by atoms with Gasteiger partial charge >= 0.3 is 0 Å². The number of nitrogens with two attached hydrogens (primary N) is 1. The number of amides is 1. The number of rotatable bonds is 2. The van der Waals surface area contributed by atoms with Crippen LogP contribution in [0, 0.1) is 5.92 Å². The second-order valence-corrected chi connectivity index (χ2v) is 4.34. The van der Waals surface area contributed by atoms with Crippen LogP contribution in [0.1, 0.15) is 6.42 Å². The van der Waals surface area contributed by atoms with Gasteiger partial charge in [0.2, 0.25) is 5.91 Å². The van der Waals surface area contributed by atoms with Crippen LogP contribution in [-0.4, -0.2) is 12.5 Å².